The van der Waals surface area contributed by atoms with Crippen LogP contribution < -0.4 is 14.2 Å². The Labute approximate surface area is 249 Å². The molecule has 40 heavy (non-hydrogen) atoms. The van der Waals surface area contributed by atoms with Gasteiger partial charge in [0.25, 0.3) is 0 Å². The molecular formula is C35H45BrO4. The molecule has 0 fully saturated rings. The predicted molar refractivity (Wildman–Crippen MR) is 169 cm³/mol. The van der Waals surface area contributed by atoms with Gasteiger partial charge in [-0.15, -0.1) is 0 Å². The summed E-state index contributed by atoms with van der Waals surface area (Å²) in [5.41, 5.74) is 2.61. The third kappa shape index (κ3) is 11.4. The molecule has 0 aliphatic rings. The molecule has 0 heterocycles. The third-order valence-corrected chi connectivity index (χ3v) is 7.56. The van der Waals surface area contributed by atoms with Gasteiger partial charge in [0.1, 0.15) is 17.2 Å². The Kier molecular flexibility index (Phi) is 14.7. The topological polar surface area (TPSA) is 44.8 Å². The molecule has 0 amide bonds. The maximum absolute atomic E-state index is 12.7. The molecule has 0 aromatic heterocycles. The van der Waals surface area contributed by atoms with Crippen LogP contribution in [0.1, 0.15) is 101 Å². The van der Waals surface area contributed by atoms with Crippen LogP contribution in [0.15, 0.2) is 71.2 Å². The van der Waals surface area contributed by atoms with Crippen LogP contribution in [0, 0.1) is 0 Å². The van der Waals surface area contributed by atoms with Crippen LogP contribution >= 0.6 is 15.9 Å². The maximum atomic E-state index is 12.7. The van der Waals surface area contributed by atoms with Gasteiger partial charge in [0.05, 0.1) is 23.2 Å². The monoisotopic (exact) mass is 608 g/mol. The first-order valence-corrected chi connectivity index (χ1v) is 15.9. The van der Waals surface area contributed by atoms with E-state index in [4.69, 9.17) is 14.2 Å². The number of halogens is 1. The van der Waals surface area contributed by atoms with Gasteiger partial charge in [0.15, 0.2) is 0 Å². The molecule has 0 bridgehead atoms. The first-order chi connectivity index (χ1) is 19.6. The number of esters is 1. The van der Waals surface area contributed by atoms with E-state index >= 15 is 0 Å². The van der Waals surface area contributed by atoms with Crippen molar-refractivity contribution in [3.8, 4) is 28.4 Å². The molecule has 3 aromatic rings. The van der Waals surface area contributed by atoms with E-state index in [1.165, 1.54) is 64.2 Å². The Morgan fingerprint density at radius 1 is 0.600 bits per heavy atom. The smallest absolute Gasteiger partial charge is 0.343 e. The Morgan fingerprint density at radius 3 is 1.65 bits per heavy atom. The van der Waals surface area contributed by atoms with Crippen molar-refractivity contribution in [3.05, 3.63) is 76.8 Å². The maximum Gasteiger partial charge on any atom is 0.343 e. The lowest BCUT2D eigenvalue weighted by atomic mass is 10.1. The van der Waals surface area contributed by atoms with E-state index in [0.29, 0.717) is 17.9 Å². The molecular weight excluding hydrogens is 564 g/mol. The van der Waals surface area contributed by atoms with Crippen LogP contribution in [-0.2, 0) is 0 Å². The molecule has 0 radical (unpaired) electrons. The zero-order valence-corrected chi connectivity index (χ0v) is 25.8. The van der Waals surface area contributed by atoms with Crippen molar-refractivity contribution in [3.63, 3.8) is 0 Å². The normalized spacial score (nSPS) is 10.9. The van der Waals surface area contributed by atoms with E-state index < -0.39 is 5.97 Å². The minimum atomic E-state index is -0.400. The Bertz CT molecular complexity index is 1130. The van der Waals surface area contributed by atoms with E-state index in [9.17, 15) is 4.79 Å². The molecule has 4 nitrogen and oxygen atoms in total. The molecule has 216 valence electrons. The van der Waals surface area contributed by atoms with Crippen molar-refractivity contribution in [1.82, 2.24) is 0 Å². The van der Waals surface area contributed by atoms with Gasteiger partial charge in [0.2, 0.25) is 0 Å². The van der Waals surface area contributed by atoms with Gasteiger partial charge >= 0.3 is 5.97 Å². The second-order valence-corrected chi connectivity index (χ2v) is 11.2. The van der Waals surface area contributed by atoms with Crippen molar-refractivity contribution in [1.29, 1.82) is 0 Å². The molecule has 0 unspecified atom stereocenters. The van der Waals surface area contributed by atoms with Gasteiger partial charge in [-0.3, -0.25) is 0 Å². The molecule has 0 saturated carbocycles. The fourth-order valence-electron chi connectivity index (χ4n) is 4.51. The number of unbranched alkanes of at least 4 members (excludes halogenated alkanes) is 10. The summed E-state index contributed by atoms with van der Waals surface area (Å²) in [6.07, 6.45) is 14.9. The summed E-state index contributed by atoms with van der Waals surface area (Å²) in [5.74, 6) is 1.75. The summed E-state index contributed by atoms with van der Waals surface area (Å²) in [4.78, 5) is 12.7. The van der Waals surface area contributed by atoms with Gasteiger partial charge in [0, 0.05) is 0 Å². The van der Waals surface area contributed by atoms with Crippen molar-refractivity contribution < 1.29 is 19.0 Å². The minimum Gasteiger partial charge on any atom is -0.494 e. The summed E-state index contributed by atoms with van der Waals surface area (Å²) < 4.78 is 18.2. The van der Waals surface area contributed by atoms with Gasteiger partial charge in [-0.2, -0.15) is 0 Å². The number of carbonyl (C=O) groups excluding carboxylic acids is 1. The van der Waals surface area contributed by atoms with Crippen molar-refractivity contribution in [2.75, 3.05) is 13.2 Å². The Balaban J connectivity index is 1.43. The lowest BCUT2D eigenvalue weighted by Crippen LogP contribution is -2.08. The van der Waals surface area contributed by atoms with E-state index in [1.807, 2.05) is 42.5 Å². The largest absolute Gasteiger partial charge is 0.494 e. The highest BCUT2D eigenvalue weighted by Crippen LogP contribution is 2.28. The average molecular weight is 610 g/mol. The summed E-state index contributed by atoms with van der Waals surface area (Å²) in [5, 5.41) is 0. The number of carbonyl (C=O) groups is 1. The summed E-state index contributed by atoms with van der Waals surface area (Å²) in [7, 11) is 0. The van der Waals surface area contributed by atoms with E-state index in [1.54, 1.807) is 12.1 Å². The zero-order chi connectivity index (χ0) is 28.4. The number of hydrogen-bond acceptors (Lipinski definition) is 4. The Morgan fingerprint density at radius 2 is 1.10 bits per heavy atom. The molecule has 0 aliphatic carbocycles. The molecule has 0 atom stereocenters. The highest BCUT2D eigenvalue weighted by atomic mass is 79.9. The lowest BCUT2D eigenvalue weighted by Gasteiger charge is -2.10. The van der Waals surface area contributed by atoms with Crippen molar-refractivity contribution >= 4 is 21.9 Å². The SMILES string of the molecule is CCCCCCCCOc1ccc(-c2ccc(OC(=O)c3ccc(OCCCCCCCC)c(Br)c3)cc2)cc1. The van der Waals surface area contributed by atoms with E-state index in [2.05, 4.69) is 41.9 Å². The van der Waals surface area contributed by atoms with Crippen LogP contribution in [0.4, 0.5) is 0 Å². The summed E-state index contributed by atoms with van der Waals surface area (Å²) in [6.45, 7) is 5.90. The molecule has 0 spiro atoms. The predicted octanol–water partition coefficient (Wildman–Crippen LogP) is 10.8. The lowest BCUT2D eigenvalue weighted by molar-refractivity contribution is 0.0734. The van der Waals surface area contributed by atoms with Crippen molar-refractivity contribution in [2.45, 2.75) is 90.9 Å². The second-order valence-electron chi connectivity index (χ2n) is 10.3. The van der Waals surface area contributed by atoms with Crippen molar-refractivity contribution in [2.24, 2.45) is 0 Å². The first-order valence-electron chi connectivity index (χ1n) is 15.1. The van der Waals surface area contributed by atoms with Crippen LogP contribution in [0.3, 0.4) is 0 Å². The fraction of sp³-hybridized carbons (Fsp3) is 0.457. The average Bonchev–Trinajstić information content (AvgIpc) is 2.97. The molecule has 3 rings (SSSR count). The highest BCUT2D eigenvalue weighted by molar-refractivity contribution is 9.10. The van der Waals surface area contributed by atoms with Gasteiger partial charge in [-0.25, -0.2) is 4.79 Å². The molecule has 5 heteroatoms. The molecule has 0 aliphatic heterocycles. The van der Waals surface area contributed by atoms with Crippen LogP contribution in [0.2, 0.25) is 0 Å². The number of rotatable bonds is 19. The molecule has 0 saturated heterocycles. The van der Waals surface area contributed by atoms with E-state index in [-0.39, 0.29) is 0 Å². The molecule has 3 aromatic carbocycles. The van der Waals surface area contributed by atoms with Gasteiger partial charge < -0.3 is 14.2 Å². The van der Waals surface area contributed by atoms with Crippen LogP contribution in [0.25, 0.3) is 11.1 Å². The highest BCUT2D eigenvalue weighted by Gasteiger charge is 2.12. The summed E-state index contributed by atoms with van der Waals surface area (Å²) in [6, 6.07) is 21.0. The summed E-state index contributed by atoms with van der Waals surface area (Å²) >= 11 is 3.53. The number of hydrogen-bond donors (Lipinski definition) is 0. The van der Waals surface area contributed by atoms with E-state index in [0.717, 1.165) is 46.5 Å². The number of benzene rings is 3. The second kappa shape index (κ2) is 18.5. The third-order valence-electron chi connectivity index (χ3n) is 6.94. The van der Waals surface area contributed by atoms with Gasteiger partial charge in [-0.05, 0) is 82.4 Å². The quantitative estimate of drug-likeness (QED) is 0.0771. The number of ether oxygens (including phenoxy) is 3. The minimum absolute atomic E-state index is 0.400. The molecule has 0 N–H and O–H groups in total. The standard InChI is InChI=1S/C35H45BrO4/c1-3-5-7-9-11-13-25-38-31-20-15-28(16-21-31)29-17-22-32(23-18-29)40-35(37)30-19-24-34(33(36)27-30)39-26-14-12-10-8-6-4-2/h15-24,27H,3-14,25-26H2,1-2H3. The zero-order valence-electron chi connectivity index (χ0n) is 24.3. The Hall–Kier alpha value is -2.79. The van der Waals surface area contributed by atoms with Crippen LogP contribution in [-0.4, -0.2) is 19.2 Å². The fourth-order valence-corrected chi connectivity index (χ4v) is 5.00. The van der Waals surface area contributed by atoms with Gasteiger partial charge in [-0.1, -0.05) is 102 Å². The van der Waals surface area contributed by atoms with Crippen LogP contribution in [0.5, 0.6) is 17.2 Å². The first kappa shape index (κ1) is 31.7.